The summed E-state index contributed by atoms with van der Waals surface area (Å²) in [6.45, 7) is 4.13. The van der Waals surface area contributed by atoms with E-state index in [1.807, 2.05) is 18.2 Å². The van der Waals surface area contributed by atoms with Crippen LogP contribution in [0.1, 0.15) is 18.1 Å². The molecule has 0 saturated carbocycles. The maximum atomic E-state index is 6.08. The number of hydrogen-bond acceptors (Lipinski definition) is 5. The molecule has 0 spiro atoms. The van der Waals surface area contributed by atoms with Crippen LogP contribution in [0.25, 0.3) is 0 Å². The maximum absolute atomic E-state index is 6.08. The van der Waals surface area contributed by atoms with E-state index in [2.05, 4.69) is 36.7 Å². The molecule has 2 aromatic rings. The van der Waals surface area contributed by atoms with Crippen molar-refractivity contribution >= 4 is 47.2 Å². The van der Waals surface area contributed by atoms with Crippen molar-refractivity contribution in [2.45, 2.75) is 25.9 Å². The fraction of sp³-hybridized carbons (Fsp3) is 0.438. The van der Waals surface area contributed by atoms with Crippen LogP contribution in [0.5, 0.6) is 0 Å². The Bertz CT molecular complexity index is 722. The molecule has 0 aliphatic carbocycles. The number of aromatic nitrogens is 2. The Morgan fingerprint density at radius 3 is 3.00 bits per heavy atom. The number of aryl methyl sites for hydroxylation is 1. The highest BCUT2D eigenvalue weighted by molar-refractivity contribution is 14.0. The predicted octanol–water partition coefficient (Wildman–Crippen LogP) is 2.59. The molecule has 136 valence electrons. The molecule has 1 aromatic carbocycles. The maximum Gasteiger partial charge on any atom is 0.223 e. The number of aliphatic imine (C=N–C) groups is 1. The number of nitrogens with one attached hydrogen (secondary N) is 2. The summed E-state index contributed by atoms with van der Waals surface area (Å²) in [5, 5.41) is 11.3. The molecule has 1 aliphatic heterocycles. The summed E-state index contributed by atoms with van der Waals surface area (Å²) in [5.41, 5.74) is 1.15. The summed E-state index contributed by atoms with van der Waals surface area (Å²) < 4.78 is 4.96. The van der Waals surface area contributed by atoms with E-state index in [4.69, 9.17) is 16.1 Å². The number of benzene rings is 1. The van der Waals surface area contributed by atoms with E-state index >= 15 is 0 Å². The predicted molar refractivity (Wildman–Crippen MR) is 110 cm³/mol. The van der Waals surface area contributed by atoms with Gasteiger partial charge in [0.2, 0.25) is 5.89 Å². The second-order valence-electron chi connectivity index (χ2n) is 5.71. The van der Waals surface area contributed by atoms with Crippen molar-refractivity contribution in [3.63, 3.8) is 0 Å². The van der Waals surface area contributed by atoms with Crippen molar-refractivity contribution in [1.29, 1.82) is 0 Å². The zero-order chi connectivity index (χ0) is 16.9. The van der Waals surface area contributed by atoms with Crippen LogP contribution in [0.15, 0.2) is 33.8 Å². The molecule has 25 heavy (non-hydrogen) atoms. The number of rotatable bonds is 4. The van der Waals surface area contributed by atoms with Crippen LogP contribution in [0.3, 0.4) is 0 Å². The molecule has 0 bridgehead atoms. The number of halogens is 2. The molecular formula is C16H22ClIN6O. The zero-order valence-electron chi connectivity index (χ0n) is 14.2. The third-order valence-electron chi connectivity index (χ3n) is 3.91. The van der Waals surface area contributed by atoms with Gasteiger partial charge in [-0.15, -0.1) is 24.0 Å². The van der Waals surface area contributed by atoms with Gasteiger partial charge in [-0.05, 0) is 24.6 Å². The lowest BCUT2D eigenvalue weighted by atomic mass is 10.3. The first-order valence-electron chi connectivity index (χ1n) is 7.91. The molecule has 1 unspecified atom stereocenters. The average molecular weight is 477 g/mol. The van der Waals surface area contributed by atoms with Crippen LogP contribution >= 0.6 is 35.6 Å². The van der Waals surface area contributed by atoms with E-state index in [-0.39, 0.29) is 24.0 Å². The fourth-order valence-corrected chi connectivity index (χ4v) is 2.93. The van der Waals surface area contributed by atoms with Crippen LogP contribution in [0, 0.1) is 6.92 Å². The van der Waals surface area contributed by atoms with Gasteiger partial charge in [0.05, 0.1) is 6.54 Å². The summed E-state index contributed by atoms with van der Waals surface area (Å²) in [5.74, 6) is 1.90. The van der Waals surface area contributed by atoms with Crippen molar-refractivity contribution in [3.8, 4) is 0 Å². The SMILES string of the molecule is CN=C(NCc1noc(C)n1)NC1CCN(c2cccc(Cl)c2)C1.I. The molecule has 1 aliphatic rings. The van der Waals surface area contributed by atoms with E-state index in [0.717, 1.165) is 36.2 Å². The molecule has 2 heterocycles. The molecule has 7 nitrogen and oxygen atoms in total. The van der Waals surface area contributed by atoms with Crippen molar-refractivity contribution in [3.05, 3.63) is 41.0 Å². The molecule has 2 N–H and O–H groups in total. The monoisotopic (exact) mass is 476 g/mol. The first-order valence-corrected chi connectivity index (χ1v) is 8.28. The molecule has 3 rings (SSSR count). The second-order valence-corrected chi connectivity index (χ2v) is 6.15. The number of nitrogens with zero attached hydrogens (tertiary/aromatic N) is 4. The lowest BCUT2D eigenvalue weighted by Gasteiger charge is -2.20. The minimum atomic E-state index is 0. The molecular weight excluding hydrogens is 455 g/mol. The van der Waals surface area contributed by atoms with Crippen LogP contribution in [0.4, 0.5) is 5.69 Å². The Morgan fingerprint density at radius 1 is 1.48 bits per heavy atom. The molecule has 1 fully saturated rings. The summed E-state index contributed by atoms with van der Waals surface area (Å²) >= 11 is 6.08. The van der Waals surface area contributed by atoms with E-state index in [0.29, 0.717) is 24.3 Å². The van der Waals surface area contributed by atoms with E-state index in [9.17, 15) is 0 Å². The largest absolute Gasteiger partial charge is 0.369 e. The van der Waals surface area contributed by atoms with Gasteiger partial charge in [-0.2, -0.15) is 4.98 Å². The summed E-state index contributed by atoms with van der Waals surface area (Å²) in [7, 11) is 1.75. The van der Waals surface area contributed by atoms with E-state index in [1.54, 1.807) is 14.0 Å². The van der Waals surface area contributed by atoms with Gasteiger partial charge in [-0.3, -0.25) is 4.99 Å². The highest BCUT2D eigenvalue weighted by atomic mass is 127. The Hall–Kier alpha value is -1.55. The molecule has 0 amide bonds. The summed E-state index contributed by atoms with van der Waals surface area (Å²) in [4.78, 5) is 10.7. The van der Waals surface area contributed by atoms with Gasteiger partial charge in [0, 0.05) is 43.8 Å². The highest BCUT2D eigenvalue weighted by Crippen LogP contribution is 2.23. The van der Waals surface area contributed by atoms with E-state index < -0.39 is 0 Å². The summed E-state index contributed by atoms with van der Waals surface area (Å²) in [6.07, 6.45) is 1.04. The normalized spacial score (nSPS) is 17.3. The Morgan fingerprint density at radius 2 is 2.32 bits per heavy atom. The number of hydrogen-bond donors (Lipinski definition) is 2. The van der Waals surface area contributed by atoms with Gasteiger partial charge < -0.3 is 20.1 Å². The number of guanidine groups is 1. The van der Waals surface area contributed by atoms with E-state index in [1.165, 1.54) is 0 Å². The van der Waals surface area contributed by atoms with Crippen LogP contribution < -0.4 is 15.5 Å². The van der Waals surface area contributed by atoms with Gasteiger partial charge in [0.25, 0.3) is 0 Å². The Balaban J connectivity index is 0.00000225. The first kappa shape index (κ1) is 19.8. The van der Waals surface area contributed by atoms with Gasteiger partial charge in [-0.25, -0.2) is 0 Å². The highest BCUT2D eigenvalue weighted by Gasteiger charge is 2.23. The third-order valence-corrected chi connectivity index (χ3v) is 4.14. The zero-order valence-corrected chi connectivity index (χ0v) is 17.3. The van der Waals surface area contributed by atoms with Gasteiger partial charge in [0.15, 0.2) is 11.8 Å². The Labute approximate surface area is 169 Å². The van der Waals surface area contributed by atoms with Crippen molar-refractivity contribution in [2.75, 3.05) is 25.0 Å². The molecule has 1 atom stereocenters. The van der Waals surface area contributed by atoms with Crippen LogP contribution in [-0.2, 0) is 6.54 Å². The van der Waals surface area contributed by atoms with Crippen LogP contribution in [0.2, 0.25) is 5.02 Å². The molecule has 9 heteroatoms. The van der Waals surface area contributed by atoms with Crippen LogP contribution in [-0.4, -0.2) is 42.3 Å². The topological polar surface area (TPSA) is 78.6 Å². The smallest absolute Gasteiger partial charge is 0.223 e. The summed E-state index contributed by atoms with van der Waals surface area (Å²) in [6, 6.07) is 8.27. The van der Waals surface area contributed by atoms with Crippen molar-refractivity contribution in [2.24, 2.45) is 4.99 Å². The lowest BCUT2D eigenvalue weighted by Crippen LogP contribution is -2.44. The van der Waals surface area contributed by atoms with Gasteiger partial charge in [-0.1, -0.05) is 22.8 Å². The fourth-order valence-electron chi connectivity index (χ4n) is 2.75. The standard InChI is InChI=1S/C16H21ClN6O.HI/c1-11-20-15(22-24-11)9-19-16(18-2)21-13-6-7-23(10-13)14-5-3-4-12(17)8-14;/h3-5,8,13H,6-7,9-10H2,1-2H3,(H2,18,19,21);1H. The molecule has 1 saturated heterocycles. The lowest BCUT2D eigenvalue weighted by molar-refractivity contribution is 0.386. The number of anilines is 1. The first-order chi connectivity index (χ1) is 11.6. The average Bonchev–Trinajstić information content (AvgIpc) is 3.20. The minimum Gasteiger partial charge on any atom is -0.369 e. The second kappa shape index (κ2) is 9.23. The molecule has 1 aromatic heterocycles. The minimum absolute atomic E-state index is 0. The van der Waals surface area contributed by atoms with Crippen molar-refractivity contribution < 1.29 is 4.52 Å². The van der Waals surface area contributed by atoms with Crippen molar-refractivity contribution in [1.82, 2.24) is 20.8 Å². The Kier molecular flexibility index (Phi) is 7.30. The third kappa shape index (κ3) is 5.46. The quantitative estimate of drug-likeness (QED) is 0.401. The van der Waals surface area contributed by atoms with Gasteiger partial charge in [0.1, 0.15) is 0 Å². The molecule has 0 radical (unpaired) electrons. The van der Waals surface area contributed by atoms with Gasteiger partial charge >= 0.3 is 0 Å².